The molecule has 0 amide bonds. The normalized spacial score (nSPS) is 11.0. The van der Waals surface area contributed by atoms with E-state index in [2.05, 4.69) is 4.72 Å². The Balaban J connectivity index is 1.87. The van der Waals surface area contributed by atoms with E-state index in [1.165, 1.54) is 31.4 Å². The van der Waals surface area contributed by atoms with Crippen molar-refractivity contribution in [2.45, 2.75) is 11.5 Å². The lowest BCUT2D eigenvalue weighted by atomic mass is 10.2. The third kappa shape index (κ3) is 5.08. The lowest BCUT2D eigenvalue weighted by Crippen LogP contribution is -2.30. The number of rotatable bonds is 7. The van der Waals surface area contributed by atoms with E-state index < -0.39 is 22.5 Å². The monoisotopic (exact) mass is 335 g/mol. The fraction of sp³-hybridized carbons (Fsp3) is 0.188. The van der Waals surface area contributed by atoms with Gasteiger partial charge < -0.3 is 9.47 Å². The van der Waals surface area contributed by atoms with Gasteiger partial charge in [-0.1, -0.05) is 30.3 Å². The highest BCUT2D eigenvalue weighted by atomic mass is 32.2. The van der Waals surface area contributed by atoms with E-state index in [1.54, 1.807) is 0 Å². The maximum absolute atomic E-state index is 12.1. The van der Waals surface area contributed by atoms with Crippen LogP contribution in [0.2, 0.25) is 0 Å². The topological polar surface area (TPSA) is 81.7 Å². The lowest BCUT2D eigenvalue weighted by Gasteiger charge is -2.08. The van der Waals surface area contributed by atoms with Crippen molar-refractivity contribution in [1.29, 1.82) is 0 Å². The molecule has 2 rings (SSSR count). The molecule has 2 aromatic carbocycles. The molecule has 7 heteroatoms. The molecule has 23 heavy (non-hydrogen) atoms. The number of carbonyl (C=O) groups is 1. The Bertz CT molecular complexity index is 742. The van der Waals surface area contributed by atoms with E-state index in [4.69, 9.17) is 9.47 Å². The Kier molecular flexibility index (Phi) is 5.72. The van der Waals surface area contributed by atoms with Crippen LogP contribution in [-0.4, -0.2) is 28.0 Å². The van der Waals surface area contributed by atoms with E-state index in [9.17, 15) is 13.2 Å². The Labute approximate surface area is 135 Å². The van der Waals surface area contributed by atoms with Crippen molar-refractivity contribution in [1.82, 2.24) is 4.72 Å². The first-order valence-electron chi connectivity index (χ1n) is 6.84. The first kappa shape index (κ1) is 17.0. The van der Waals surface area contributed by atoms with Crippen LogP contribution in [0.4, 0.5) is 0 Å². The molecule has 0 spiro atoms. The van der Waals surface area contributed by atoms with Crippen LogP contribution in [0.25, 0.3) is 0 Å². The average Bonchev–Trinajstić information content (AvgIpc) is 2.59. The molecule has 0 aliphatic heterocycles. The molecule has 0 fully saturated rings. The molecule has 1 N–H and O–H groups in total. The minimum atomic E-state index is -3.77. The summed E-state index contributed by atoms with van der Waals surface area (Å²) in [4.78, 5) is 11.7. The maximum Gasteiger partial charge on any atom is 0.321 e. The molecule has 0 bridgehead atoms. The van der Waals surface area contributed by atoms with Gasteiger partial charge in [-0.2, -0.15) is 4.72 Å². The Hall–Kier alpha value is -2.38. The van der Waals surface area contributed by atoms with Gasteiger partial charge in [0.2, 0.25) is 10.0 Å². The van der Waals surface area contributed by atoms with Crippen LogP contribution in [0.3, 0.4) is 0 Å². The molecule has 0 heterocycles. The quantitative estimate of drug-likeness (QED) is 0.779. The summed E-state index contributed by atoms with van der Waals surface area (Å²) in [5.74, 6) is -0.0999. The van der Waals surface area contributed by atoms with Gasteiger partial charge in [0.05, 0.1) is 12.0 Å². The molecule has 0 aliphatic carbocycles. The van der Waals surface area contributed by atoms with Crippen LogP contribution in [-0.2, 0) is 26.2 Å². The molecule has 0 atom stereocenters. The first-order chi connectivity index (χ1) is 11.0. The van der Waals surface area contributed by atoms with E-state index in [0.29, 0.717) is 5.75 Å². The molecule has 0 saturated heterocycles. The number of esters is 1. The van der Waals surface area contributed by atoms with Crippen molar-refractivity contribution < 1.29 is 22.7 Å². The summed E-state index contributed by atoms with van der Waals surface area (Å²) in [7, 11) is -2.28. The van der Waals surface area contributed by atoms with Crippen molar-refractivity contribution in [2.24, 2.45) is 0 Å². The summed E-state index contributed by atoms with van der Waals surface area (Å²) in [5.41, 5.74) is 0.832. The summed E-state index contributed by atoms with van der Waals surface area (Å²) in [5, 5.41) is 0. The van der Waals surface area contributed by atoms with Gasteiger partial charge in [-0.3, -0.25) is 4.79 Å². The highest BCUT2D eigenvalue weighted by molar-refractivity contribution is 7.89. The molecular formula is C16H17NO5S. The van der Waals surface area contributed by atoms with Crippen molar-refractivity contribution in [3.8, 4) is 5.75 Å². The number of ether oxygens (including phenoxy) is 2. The SMILES string of the molecule is COc1ccc(S(=O)(=O)NCC(=O)OCc2ccccc2)cc1. The molecule has 122 valence electrons. The Morgan fingerprint density at radius 1 is 1.04 bits per heavy atom. The summed E-state index contributed by atoms with van der Waals surface area (Å²) < 4.78 is 36.3. The smallest absolute Gasteiger partial charge is 0.321 e. The lowest BCUT2D eigenvalue weighted by molar-refractivity contribution is -0.143. The number of benzene rings is 2. The fourth-order valence-corrected chi connectivity index (χ4v) is 2.75. The fourth-order valence-electron chi connectivity index (χ4n) is 1.78. The van der Waals surface area contributed by atoms with Gasteiger partial charge in [-0.05, 0) is 29.8 Å². The van der Waals surface area contributed by atoms with Gasteiger partial charge in [0.25, 0.3) is 0 Å². The summed E-state index contributed by atoms with van der Waals surface area (Å²) in [6, 6.07) is 15.0. The third-order valence-electron chi connectivity index (χ3n) is 3.02. The van der Waals surface area contributed by atoms with Crippen molar-refractivity contribution in [3.05, 3.63) is 60.2 Å². The zero-order chi connectivity index (χ0) is 16.7. The zero-order valence-electron chi connectivity index (χ0n) is 12.6. The third-order valence-corrected chi connectivity index (χ3v) is 4.44. The molecule has 0 aliphatic rings. The molecule has 0 unspecified atom stereocenters. The number of nitrogens with one attached hydrogen (secondary N) is 1. The van der Waals surface area contributed by atoms with Crippen LogP contribution in [0.5, 0.6) is 5.75 Å². The highest BCUT2D eigenvalue weighted by Crippen LogP contribution is 2.15. The van der Waals surface area contributed by atoms with Crippen LogP contribution < -0.4 is 9.46 Å². The van der Waals surface area contributed by atoms with Gasteiger partial charge in [0, 0.05) is 0 Å². The molecule has 0 saturated carbocycles. The van der Waals surface area contributed by atoms with Gasteiger partial charge in [0.15, 0.2) is 0 Å². The first-order valence-corrected chi connectivity index (χ1v) is 8.33. The highest BCUT2D eigenvalue weighted by Gasteiger charge is 2.16. The van der Waals surface area contributed by atoms with E-state index >= 15 is 0 Å². The second-order valence-corrected chi connectivity index (χ2v) is 6.41. The molecule has 0 radical (unpaired) electrons. The second-order valence-electron chi connectivity index (χ2n) is 4.65. The van der Waals surface area contributed by atoms with Gasteiger partial charge in [-0.25, -0.2) is 8.42 Å². The molecule has 0 aromatic heterocycles. The van der Waals surface area contributed by atoms with Crippen molar-refractivity contribution in [3.63, 3.8) is 0 Å². The summed E-state index contributed by atoms with van der Waals surface area (Å²) in [6.07, 6.45) is 0. The van der Waals surface area contributed by atoms with Crippen LogP contribution in [0, 0.1) is 0 Å². The van der Waals surface area contributed by atoms with E-state index in [0.717, 1.165) is 5.56 Å². The second kappa shape index (κ2) is 7.75. The number of sulfonamides is 1. The predicted molar refractivity (Wildman–Crippen MR) is 84.4 cm³/mol. The Morgan fingerprint density at radius 2 is 1.70 bits per heavy atom. The van der Waals surface area contributed by atoms with Crippen LogP contribution in [0.1, 0.15) is 5.56 Å². The van der Waals surface area contributed by atoms with E-state index in [-0.39, 0.29) is 11.5 Å². The molecular weight excluding hydrogens is 318 g/mol. The van der Waals surface area contributed by atoms with Crippen molar-refractivity contribution in [2.75, 3.05) is 13.7 Å². The van der Waals surface area contributed by atoms with Crippen LogP contribution in [0.15, 0.2) is 59.5 Å². The largest absolute Gasteiger partial charge is 0.497 e. The van der Waals surface area contributed by atoms with Gasteiger partial charge in [0.1, 0.15) is 18.9 Å². The van der Waals surface area contributed by atoms with Crippen molar-refractivity contribution >= 4 is 16.0 Å². The number of methoxy groups -OCH3 is 1. The number of hydrogen-bond acceptors (Lipinski definition) is 5. The average molecular weight is 335 g/mol. The minimum absolute atomic E-state index is 0.0501. The van der Waals surface area contributed by atoms with Gasteiger partial charge >= 0.3 is 5.97 Å². The minimum Gasteiger partial charge on any atom is -0.497 e. The standard InChI is InChI=1S/C16H17NO5S/c1-21-14-7-9-15(10-8-14)23(19,20)17-11-16(18)22-12-13-5-3-2-4-6-13/h2-10,17H,11-12H2,1H3. The number of carbonyl (C=O) groups excluding carboxylic acids is 1. The summed E-state index contributed by atoms with van der Waals surface area (Å²) >= 11 is 0. The number of hydrogen-bond donors (Lipinski definition) is 1. The zero-order valence-corrected chi connectivity index (χ0v) is 13.4. The van der Waals surface area contributed by atoms with Gasteiger partial charge in [-0.15, -0.1) is 0 Å². The van der Waals surface area contributed by atoms with E-state index in [1.807, 2.05) is 30.3 Å². The molecule has 6 nitrogen and oxygen atoms in total. The maximum atomic E-state index is 12.1. The summed E-state index contributed by atoms with van der Waals surface area (Å²) in [6.45, 7) is -0.328. The Morgan fingerprint density at radius 3 is 2.30 bits per heavy atom. The van der Waals surface area contributed by atoms with Crippen LogP contribution >= 0.6 is 0 Å². The molecule has 2 aromatic rings. The predicted octanol–water partition coefficient (Wildman–Crippen LogP) is 1.72.